The summed E-state index contributed by atoms with van der Waals surface area (Å²) in [5.41, 5.74) is 3.75. The van der Waals surface area contributed by atoms with Crippen molar-refractivity contribution < 1.29 is 4.79 Å². The molecular formula is C22H25N3OS2. The fraction of sp³-hybridized carbons (Fsp3) is 0.364. The van der Waals surface area contributed by atoms with Gasteiger partial charge in [0.25, 0.3) is 5.91 Å². The minimum Gasteiger partial charge on any atom is -0.313 e. The average molecular weight is 412 g/mol. The van der Waals surface area contributed by atoms with Crippen molar-refractivity contribution in [2.24, 2.45) is 0 Å². The Bertz CT molecular complexity index is 928. The van der Waals surface area contributed by atoms with Crippen molar-refractivity contribution in [2.75, 3.05) is 18.4 Å². The summed E-state index contributed by atoms with van der Waals surface area (Å²) in [6.45, 7) is 6.49. The molecular weight excluding hydrogens is 386 g/mol. The lowest BCUT2D eigenvalue weighted by Gasteiger charge is -2.35. The van der Waals surface area contributed by atoms with E-state index in [9.17, 15) is 4.79 Å². The van der Waals surface area contributed by atoms with Gasteiger partial charge in [-0.2, -0.15) is 0 Å². The van der Waals surface area contributed by atoms with Gasteiger partial charge in [-0.05, 0) is 74.5 Å². The van der Waals surface area contributed by atoms with Crippen molar-refractivity contribution in [3.8, 4) is 0 Å². The van der Waals surface area contributed by atoms with E-state index < -0.39 is 0 Å². The molecule has 1 fully saturated rings. The predicted octanol–water partition coefficient (Wildman–Crippen LogP) is 5.65. The maximum Gasteiger partial charge on any atom is 0.266 e. The molecule has 1 aliphatic rings. The quantitative estimate of drug-likeness (QED) is 0.590. The number of aromatic nitrogens is 1. The van der Waals surface area contributed by atoms with Crippen LogP contribution in [0.5, 0.6) is 0 Å². The van der Waals surface area contributed by atoms with Crippen molar-refractivity contribution in [3.63, 3.8) is 0 Å². The standard InChI is InChI=1S/C22H25N3OS2/c1-15-16(2)28-22(24-21(26)18-7-6-14-27-18)19(15)20(17-8-10-23-11-9-17)25-12-4-3-5-13-25/h6-11,14,20H,3-5,12-13H2,1-2H3,(H,24,26)/t20-/m0/s1. The second kappa shape index (κ2) is 8.55. The smallest absolute Gasteiger partial charge is 0.266 e. The third kappa shape index (κ3) is 3.90. The van der Waals surface area contributed by atoms with E-state index in [1.54, 1.807) is 11.3 Å². The molecule has 0 bridgehead atoms. The molecule has 0 radical (unpaired) electrons. The number of carbonyl (C=O) groups is 1. The summed E-state index contributed by atoms with van der Waals surface area (Å²) in [5.74, 6) is -0.0235. The molecule has 0 saturated carbocycles. The lowest BCUT2D eigenvalue weighted by atomic mass is 9.94. The maximum absolute atomic E-state index is 12.8. The summed E-state index contributed by atoms with van der Waals surface area (Å²) >= 11 is 3.16. The van der Waals surface area contributed by atoms with Crippen LogP contribution in [0.1, 0.15) is 56.5 Å². The van der Waals surface area contributed by atoms with Crippen LogP contribution in [0.25, 0.3) is 0 Å². The van der Waals surface area contributed by atoms with Gasteiger partial charge in [0.1, 0.15) is 5.00 Å². The van der Waals surface area contributed by atoms with Gasteiger partial charge in [-0.25, -0.2) is 0 Å². The van der Waals surface area contributed by atoms with Crippen LogP contribution in [-0.2, 0) is 0 Å². The second-order valence-electron chi connectivity index (χ2n) is 7.24. The van der Waals surface area contributed by atoms with Gasteiger partial charge >= 0.3 is 0 Å². The topological polar surface area (TPSA) is 45.2 Å². The van der Waals surface area contributed by atoms with Gasteiger partial charge in [0.2, 0.25) is 0 Å². The summed E-state index contributed by atoms with van der Waals surface area (Å²) < 4.78 is 0. The number of nitrogens with one attached hydrogen (secondary N) is 1. The lowest BCUT2D eigenvalue weighted by Crippen LogP contribution is -2.35. The third-order valence-electron chi connectivity index (χ3n) is 5.45. The van der Waals surface area contributed by atoms with E-state index in [-0.39, 0.29) is 11.9 Å². The molecule has 1 atom stereocenters. The minimum atomic E-state index is -0.0235. The second-order valence-corrected chi connectivity index (χ2v) is 9.41. The number of nitrogens with zero attached hydrogens (tertiary/aromatic N) is 2. The van der Waals surface area contributed by atoms with E-state index in [1.807, 2.05) is 29.9 Å². The number of rotatable bonds is 5. The highest BCUT2D eigenvalue weighted by Gasteiger charge is 2.30. The zero-order chi connectivity index (χ0) is 19.5. The number of likely N-dealkylation sites (tertiary alicyclic amines) is 1. The number of hydrogen-bond donors (Lipinski definition) is 1. The fourth-order valence-electron chi connectivity index (χ4n) is 3.92. The monoisotopic (exact) mass is 411 g/mol. The van der Waals surface area contributed by atoms with Crippen LogP contribution in [0, 0.1) is 13.8 Å². The summed E-state index contributed by atoms with van der Waals surface area (Å²) in [4.78, 5) is 21.5. The number of pyridine rings is 1. The number of hydrogen-bond acceptors (Lipinski definition) is 5. The van der Waals surface area contributed by atoms with Gasteiger partial charge in [0.05, 0.1) is 10.9 Å². The van der Waals surface area contributed by atoms with Gasteiger partial charge < -0.3 is 5.32 Å². The molecule has 0 unspecified atom stereocenters. The highest BCUT2D eigenvalue weighted by molar-refractivity contribution is 7.17. The first-order chi connectivity index (χ1) is 13.6. The summed E-state index contributed by atoms with van der Waals surface area (Å²) in [7, 11) is 0. The highest BCUT2D eigenvalue weighted by Crippen LogP contribution is 2.43. The normalized spacial score (nSPS) is 16.1. The van der Waals surface area contributed by atoms with E-state index in [2.05, 4.69) is 41.2 Å². The molecule has 4 rings (SSSR count). The Balaban J connectivity index is 1.76. The molecule has 1 aliphatic heterocycles. The van der Waals surface area contributed by atoms with Gasteiger partial charge in [-0.1, -0.05) is 12.5 Å². The average Bonchev–Trinajstić information content (AvgIpc) is 3.35. The van der Waals surface area contributed by atoms with Gasteiger partial charge in [0.15, 0.2) is 0 Å². The van der Waals surface area contributed by atoms with Crippen molar-refractivity contribution in [1.82, 2.24) is 9.88 Å². The van der Waals surface area contributed by atoms with Crippen LogP contribution in [0.2, 0.25) is 0 Å². The largest absolute Gasteiger partial charge is 0.313 e. The minimum absolute atomic E-state index is 0.0235. The summed E-state index contributed by atoms with van der Waals surface area (Å²) in [5, 5.41) is 6.12. The van der Waals surface area contributed by atoms with E-state index in [1.165, 1.54) is 52.2 Å². The fourth-order valence-corrected chi connectivity index (χ4v) is 5.63. The number of anilines is 1. The van der Waals surface area contributed by atoms with Crippen LogP contribution in [0.3, 0.4) is 0 Å². The number of thiophene rings is 2. The zero-order valence-electron chi connectivity index (χ0n) is 16.3. The van der Waals surface area contributed by atoms with E-state index in [0.717, 1.165) is 23.0 Å². The van der Waals surface area contributed by atoms with Crippen LogP contribution in [-0.4, -0.2) is 28.9 Å². The van der Waals surface area contributed by atoms with Crippen molar-refractivity contribution >= 4 is 33.6 Å². The summed E-state index contributed by atoms with van der Waals surface area (Å²) in [6.07, 6.45) is 7.47. The van der Waals surface area contributed by atoms with E-state index >= 15 is 0 Å². The molecule has 1 amide bonds. The molecule has 0 aliphatic carbocycles. The van der Waals surface area contributed by atoms with Crippen molar-refractivity contribution in [2.45, 2.75) is 39.2 Å². The number of piperidine rings is 1. The molecule has 6 heteroatoms. The molecule has 3 aromatic rings. The van der Waals surface area contributed by atoms with Crippen LogP contribution < -0.4 is 5.32 Å². The Labute approximate surface area is 174 Å². The molecule has 4 nitrogen and oxygen atoms in total. The maximum atomic E-state index is 12.8. The Morgan fingerprint density at radius 2 is 1.89 bits per heavy atom. The van der Waals surface area contributed by atoms with Crippen LogP contribution in [0.4, 0.5) is 5.00 Å². The van der Waals surface area contributed by atoms with Gasteiger partial charge in [-0.3, -0.25) is 14.7 Å². The molecule has 28 heavy (non-hydrogen) atoms. The molecule has 4 heterocycles. The van der Waals surface area contributed by atoms with Crippen LogP contribution >= 0.6 is 22.7 Å². The Hall–Kier alpha value is -2.02. The Morgan fingerprint density at radius 1 is 1.14 bits per heavy atom. The first-order valence-electron chi connectivity index (χ1n) is 9.74. The number of carbonyl (C=O) groups excluding carboxylic acids is 1. The first-order valence-corrected chi connectivity index (χ1v) is 11.4. The Kier molecular flexibility index (Phi) is 5.90. The summed E-state index contributed by atoms with van der Waals surface area (Å²) in [6, 6.07) is 8.15. The third-order valence-corrected chi connectivity index (χ3v) is 7.46. The van der Waals surface area contributed by atoms with E-state index in [0.29, 0.717) is 0 Å². The molecule has 0 aromatic carbocycles. The highest BCUT2D eigenvalue weighted by atomic mass is 32.1. The molecule has 1 saturated heterocycles. The first kappa shape index (κ1) is 19.3. The molecule has 0 spiro atoms. The van der Waals surface area contributed by atoms with Gasteiger partial charge in [-0.15, -0.1) is 22.7 Å². The van der Waals surface area contributed by atoms with E-state index in [4.69, 9.17) is 0 Å². The molecule has 1 N–H and O–H groups in total. The number of amides is 1. The van der Waals surface area contributed by atoms with Crippen molar-refractivity contribution in [3.05, 3.63) is 68.5 Å². The van der Waals surface area contributed by atoms with Crippen LogP contribution in [0.15, 0.2) is 42.0 Å². The predicted molar refractivity (Wildman–Crippen MR) is 118 cm³/mol. The molecule has 146 valence electrons. The SMILES string of the molecule is Cc1sc(NC(=O)c2cccs2)c([C@H](c2ccncc2)N2CCCCC2)c1C. The lowest BCUT2D eigenvalue weighted by molar-refractivity contribution is 0.103. The van der Waals surface area contributed by atoms with Gasteiger partial charge in [0, 0.05) is 22.8 Å². The van der Waals surface area contributed by atoms with Crippen molar-refractivity contribution in [1.29, 1.82) is 0 Å². The zero-order valence-corrected chi connectivity index (χ0v) is 17.9. The number of aryl methyl sites for hydroxylation is 1. The Morgan fingerprint density at radius 3 is 2.57 bits per heavy atom. The molecule has 3 aromatic heterocycles.